The third-order valence-electron chi connectivity index (χ3n) is 4.35. The van der Waals surface area contributed by atoms with Crippen LogP contribution in [0.25, 0.3) is 0 Å². The van der Waals surface area contributed by atoms with Gasteiger partial charge in [0.05, 0.1) is 5.25 Å². The Morgan fingerprint density at radius 2 is 2.00 bits per heavy atom. The maximum atomic E-state index is 11.7. The monoisotopic (exact) mass is 296 g/mol. The predicted octanol–water partition coefficient (Wildman–Crippen LogP) is 1.66. The van der Waals surface area contributed by atoms with Crippen molar-refractivity contribution in [3.8, 4) is 0 Å². The van der Waals surface area contributed by atoms with Crippen molar-refractivity contribution in [1.82, 2.24) is 5.43 Å². The van der Waals surface area contributed by atoms with Crippen LogP contribution < -0.4 is 11.3 Å². The van der Waals surface area contributed by atoms with E-state index < -0.39 is 9.84 Å². The minimum Gasteiger partial charge on any atom is -0.271 e. The minimum atomic E-state index is -2.94. The molecule has 1 aliphatic carbocycles. The first-order valence-corrected chi connectivity index (χ1v) is 9.15. The van der Waals surface area contributed by atoms with Crippen molar-refractivity contribution in [3.05, 3.63) is 35.9 Å². The van der Waals surface area contributed by atoms with Crippen LogP contribution in [-0.4, -0.2) is 26.0 Å². The Morgan fingerprint density at radius 1 is 1.30 bits per heavy atom. The van der Waals surface area contributed by atoms with Gasteiger partial charge >= 0.3 is 0 Å². The molecule has 1 aromatic rings. The van der Waals surface area contributed by atoms with E-state index in [4.69, 9.17) is 5.84 Å². The Bertz CT molecular complexity index is 516. The molecule has 0 bridgehead atoms. The van der Waals surface area contributed by atoms with Crippen LogP contribution in [0.3, 0.4) is 0 Å². The number of rotatable bonds is 5. The molecular formula is C15H24N2O2S. The molecule has 2 rings (SSSR count). The van der Waals surface area contributed by atoms with Gasteiger partial charge in [-0.05, 0) is 37.2 Å². The van der Waals surface area contributed by atoms with E-state index in [9.17, 15) is 8.42 Å². The lowest BCUT2D eigenvalue weighted by atomic mass is 9.81. The van der Waals surface area contributed by atoms with E-state index in [1.54, 1.807) is 0 Å². The molecule has 5 heteroatoms. The van der Waals surface area contributed by atoms with Crippen molar-refractivity contribution in [2.45, 2.75) is 43.4 Å². The highest BCUT2D eigenvalue weighted by atomic mass is 32.2. The summed E-state index contributed by atoms with van der Waals surface area (Å²) in [7, 11) is -2.94. The molecule has 1 aromatic carbocycles. The summed E-state index contributed by atoms with van der Waals surface area (Å²) in [5.41, 5.74) is 4.13. The zero-order valence-corrected chi connectivity index (χ0v) is 12.8. The van der Waals surface area contributed by atoms with Crippen LogP contribution in [0.1, 0.15) is 31.2 Å². The summed E-state index contributed by atoms with van der Waals surface area (Å²) in [6.07, 6.45) is 5.72. The fraction of sp³-hybridized carbons (Fsp3) is 0.600. The summed E-state index contributed by atoms with van der Waals surface area (Å²) in [6.45, 7) is 0. The number of hydrogen-bond donors (Lipinski definition) is 2. The summed E-state index contributed by atoms with van der Waals surface area (Å²) >= 11 is 0. The average Bonchev–Trinajstić information content (AvgIpc) is 2.45. The van der Waals surface area contributed by atoms with E-state index in [1.165, 1.54) is 11.8 Å². The first-order chi connectivity index (χ1) is 9.50. The van der Waals surface area contributed by atoms with Gasteiger partial charge in [0.1, 0.15) is 9.84 Å². The highest BCUT2D eigenvalue weighted by molar-refractivity contribution is 7.91. The predicted molar refractivity (Wildman–Crippen MR) is 81.8 cm³/mol. The SMILES string of the molecule is CS(=O)(=O)C1CCCC(C(Cc2ccccc2)NN)C1. The van der Waals surface area contributed by atoms with Gasteiger partial charge in [0.25, 0.3) is 0 Å². The number of nitrogens with two attached hydrogens (primary N) is 1. The molecular weight excluding hydrogens is 272 g/mol. The zero-order chi connectivity index (χ0) is 14.6. The van der Waals surface area contributed by atoms with E-state index >= 15 is 0 Å². The third kappa shape index (κ3) is 4.04. The number of hydrazine groups is 1. The maximum Gasteiger partial charge on any atom is 0.150 e. The normalized spacial score (nSPS) is 25.3. The van der Waals surface area contributed by atoms with Gasteiger partial charge in [-0.1, -0.05) is 36.8 Å². The van der Waals surface area contributed by atoms with Crippen LogP contribution in [-0.2, 0) is 16.3 Å². The molecule has 0 aliphatic heterocycles. The molecule has 112 valence electrons. The summed E-state index contributed by atoms with van der Waals surface area (Å²) in [5.74, 6) is 6.03. The molecule has 3 unspecified atom stereocenters. The first-order valence-electron chi connectivity index (χ1n) is 7.19. The van der Waals surface area contributed by atoms with Gasteiger partial charge in [0.15, 0.2) is 0 Å². The molecule has 3 N–H and O–H groups in total. The molecule has 1 fully saturated rings. The van der Waals surface area contributed by atoms with Gasteiger partial charge in [-0.3, -0.25) is 11.3 Å². The van der Waals surface area contributed by atoms with Crippen molar-refractivity contribution >= 4 is 9.84 Å². The minimum absolute atomic E-state index is 0.141. The van der Waals surface area contributed by atoms with Crippen LogP contribution in [0.5, 0.6) is 0 Å². The third-order valence-corrected chi connectivity index (χ3v) is 5.99. The number of benzene rings is 1. The van der Waals surface area contributed by atoms with Crippen molar-refractivity contribution in [1.29, 1.82) is 0 Å². The molecule has 0 amide bonds. The molecule has 20 heavy (non-hydrogen) atoms. The molecule has 0 aromatic heterocycles. The van der Waals surface area contributed by atoms with E-state index in [-0.39, 0.29) is 11.3 Å². The van der Waals surface area contributed by atoms with Crippen molar-refractivity contribution in [2.24, 2.45) is 11.8 Å². The highest BCUT2D eigenvalue weighted by Gasteiger charge is 2.32. The van der Waals surface area contributed by atoms with Gasteiger partial charge in [-0.15, -0.1) is 0 Å². The maximum absolute atomic E-state index is 11.7. The molecule has 0 spiro atoms. The van der Waals surface area contributed by atoms with Crippen LogP contribution in [0, 0.1) is 5.92 Å². The summed E-state index contributed by atoms with van der Waals surface area (Å²) in [6, 6.07) is 10.3. The molecule has 0 saturated heterocycles. The number of hydrogen-bond acceptors (Lipinski definition) is 4. The average molecular weight is 296 g/mol. The van der Waals surface area contributed by atoms with Crippen molar-refractivity contribution < 1.29 is 8.42 Å². The molecule has 4 nitrogen and oxygen atoms in total. The molecule has 0 radical (unpaired) electrons. The Balaban J connectivity index is 2.04. The Labute approximate surface area is 121 Å². The van der Waals surface area contributed by atoms with E-state index in [2.05, 4.69) is 17.6 Å². The molecule has 3 atom stereocenters. The largest absolute Gasteiger partial charge is 0.271 e. The number of nitrogens with one attached hydrogen (secondary N) is 1. The van der Waals surface area contributed by atoms with Crippen LogP contribution >= 0.6 is 0 Å². The van der Waals surface area contributed by atoms with E-state index in [0.717, 1.165) is 32.1 Å². The first kappa shape index (κ1) is 15.5. The summed E-state index contributed by atoms with van der Waals surface area (Å²) < 4.78 is 23.5. The Morgan fingerprint density at radius 3 is 2.60 bits per heavy atom. The van der Waals surface area contributed by atoms with Gasteiger partial charge < -0.3 is 0 Å². The molecule has 0 heterocycles. The fourth-order valence-electron chi connectivity index (χ4n) is 3.17. The zero-order valence-electron chi connectivity index (χ0n) is 12.0. The fourth-order valence-corrected chi connectivity index (χ4v) is 4.36. The summed E-state index contributed by atoms with van der Waals surface area (Å²) in [4.78, 5) is 0. The molecule has 1 aliphatic rings. The highest BCUT2D eigenvalue weighted by Crippen LogP contribution is 2.31. The van der Waals surface area contributed by atoms with E-state index in [0.29, 0.717) is 5.92 Å². The van der Waals surface area contributed by atoms with Gasteiger partial charge in [-0.2, -0.15) is 0 Å². The smallest absolute Gasteiger partial charge is 0.150 e. The van der Waals surface area contributed by atoms with Gasteiger partial charge in [-0.25, -0.2) is 8.42 Å². The van der Waals surface area contributed by atoms with Crippen LogP contribution in [0.2, 0.25) is 0 Å². The second kappa shape index (κ2) is 6.70. The number of sulfone groups is 1. The van der Waals surface area contributed by atoms with E-state index in [1.807, 2.05) is 18.2 Å². The lowest BCUT2D eigenvalue weighted by Crippen LogP contribution is -2.45. The standard InChI is InChI=1S/C15H24N2O2S/c1-20(18,19)14-9-5-8-13(11-14)15(17-16)10-12-6-3-2-4-7-12/h2-4,6-7,13-15,17H,5,8-11,16H2,1H3. The lowest BCUT2D eigenvalue weighted by molar-refractivity contribution is 0.270. The Hall–Kier alpha value is -0.910. The molecule has 1 saturated carbocycles. The lowest BCUT2D eigenvalue weighted by Gasteiger charge is -2.33. The van der Waals surface area contributed by atoms with Gasteiger partial charge in [0.2, 0.25) is 0 Å². The Kier molecular flexibility index (Phi) is 5.18. The van der Waals surface area contributed by atoms with Crippen LogP contribution in [0.4, 0.5) is 0 Å². The quantitative estimate of drug-likeness (QED) is 0.640. The van der Waals surface area contributed by atoms with Gasteiger partial charge in [0, 0.05) is 12.3 Å². The summed E-state index contributed by atoms with van der Waals surface area (Å²) in [5, 5.41) is -0.201. The van der Waals surface area contributed by atoms with Crippen molar-refractivity contribution in [2.75, 3.05) is 6.26 Å². The second-order valence-electron chi connectivity index (χ2n) is 5.84. The topological polar surface area (TPSA) is 72.2 Å². The van der Waals surface area contributed by atoms with Crippen molar-refractivity contribution in [3.63, 3.8) is 0 Å². The second-order valence-corrected chi connectivity index (χ2v) is 8.17. The van der Waals surface area contributed by atoms with Crippen LogP contribution in [0.15, 0.2) is 30.3 Å².